The molecule has 10 aromatic rings. The van der Waals surface area contributed by atoms with Gasteiger partial charge in [0.05, 0.1) is 16.7 Å². The summed E-state index contributed by atoms with van der Waals surface area (Å²) in [4.78, 5) is 0. The number of benzene rings is 9. The second-order valence-corrected chi connectivity index (χ2v) is 14.9. The third-order valence-electron chi connectivity index (χ3n) is 11.7. The highest BCUT2D eigenvalue weighted by Gasteiger charge is 2.26. The van der Waals surface area contributed by atoms with E-state index in [0.717, 1.165) is 6.42 Å². The normalized spacial score (nSPS) is 11.9. The number of nitrogens with zero attached hydrogens (tertiary/aromatic N) is 1. The van der Waals surface area contributed by atoms with Crippen molar-refractivity contribution in [3.05, 3.63) is 223 Å². The first kappa shape index (κ1) is 32.2. The molecule has 9 aromatic carbocycles. The Morgan fingerprint density at radius 3 is 1.39 bits per heavy atom. The predicted molar refractivity (Wildman–Crippen MR) is 236 cm³/mol. The van der Waals surface area contributed by atoms with Crippen LogP contribution >= 0.6 is 0 Å². The minimum atomic E-state index is 0.916. The van der Waals surface area contributed by atoms with Gasteiger partial charge in [-0.1, -0.05) is 188 Å². The van der Waals surface area contributed by atoms with Crippen molar-refractivity contribution in [2.45, 2.75) is 6.42 Å². The topological polar surface area (TPSA) is 4.93 Å². The molecule has 56 heavy (non-hydrogen) atoms. The van der Waals surface area contributed by atoms with E-state index in [1.165, 1.54) is 105 Å². The van der Waals surface area contributed by atoms with E-state index in [9.17, 15) is 0 Å². The fourth-order valence-corrected chi connectivity index (χ4v) is 8.93. The maximum Gasteiger partial charge on any atom is 0.0543 e. The molecule has 0 saturated carbocycles. The first-order valence-corrected chi connectivity index (χ1v) is 19.5. The molecule has 0 aliphatic heterocycles. The zero-order valence-corrected chi connectivity index (χ0v) is 30.9. The summed E-state index contributed by atoms with van der Waals surface area (Å²) in [6.45, 7) is 0. The van der Waals surface area contributed by atoms with Crippen LogP contribution in [0.5, 0.6) is 0 Å². The zero-order chi connectivity index (χ0) is 37.0. The van der Waals surface area contributed by atoms with E-state index in [-0.39, 0.29) is 0 Å². The Morgan fingerprint density at radius 2 is 0.768 bits per heavy atom. The highest BCUT2D eigenvalue weighted by Crippen LogP contribution is 2.46. The first-order valence-electron chi connectivity index (χ1n) is 19.5. The molecular weight excluding hydrogens is 675 g/mol. The third-order valence-corrected chi connectivity index (χ3v) is 11.7. The van der Waals surface area contributed by atoms with Gasteiger partial charge in [0.15, 0.2) is 0 Å². The lowest BCUT2D eigenvalue weighted by molar-refractivity contribution is 1.17. The molecular formula is C55H37N. The van der Waals surface area contributed by atoms with Crippen LogP contribution in [-0.2, 0) is 6.42 Å². The van der Waals surface area contributed by atoms with Crippen LogP contribution in [0.15, 0.2) is 212 Å². The molecule has 0 fully saturated rings. The number of hydrogen-bond donors (Lipinski definition) is 0. The smallest absolute Gasteiger partial charge is 0.0543 e. The molecule has 0 bridgehead atoms. The molecule has 1 aliphatic rings. The van der Waals surface area contributed by atoms with Gasteiger partial charge in [0, 0.05) is 16.3 Å². The zero-order valence-electron chi connectivity index (χ0n) is 30.9. The SMILES string of the molecule is c1ccc(-c2ccc(-c3ccc(-c4ccc(-c5cccc6c5Cc5cccc(-n7c8ccccc8c8cc(-c9ccccc9)ccc87)c5-6)cc4)cc3)cc2)cc1. The van der Waals surface area contributed by atoms with E-state index >= 15 is 0 Å². The van der Waals surface area contributed by atoms with Crippen LogP contribution in [-0.4, -0.2) is 4.57 Å². The van der Waals surface area contributed by atoms with Crippen LogP contribution in [0, 0.1) is 0 Å². The lowest BCUT2D eigenvalue weighted by atomic mass is 9.93. The highest BCUT2D eigenvalue weighted by molar-refractivity contribution is 6.11. The number of para-hydroxylation sites is 1. The summed E-state index contributed by atoms with van der Waals surface area (Å²) in [5, 5.41) is 2.55. The van der Waals surface area contributed by atoms with Gasteiger partial charge in [-0.25, -0.2) is 0 Å². The van der Waals surface area contributed by atoms with Gasteiger partial charge in [-0.2, -0.15) is 0 Å². The molecule has 0 saturated heterocycles. The average Bonchev–Trinajstić information content (AvgIpc) is 3.83. The quantitative estimate of drug-likeness (QED) is 0.162. The van der Waals surface area contributed by atoms with Gasteiger partial charge in [-0.15, -0.1) is 0 Å². The molecule has 1 aromatic heterocycles. The molecule has 0 unspecified atom stereocenters. The first-order chi connectivity index (χ1) is 27.8. The Balaban J connectivity index is 0.919. The number of rotatable bonds is 6. The van der Waals surface area contributed by atoms with Crippen molar-refractivity contribution in [2.75, 3.05) is 0 Å². The van der Waals surface area contributed by atoms with Crippen molar-refractivity contribution in [2.24, 2.45) is 0 Å². The molecule has 0 N–H and O–H groups in total. The summed E-state index contributed by atoms with van der Waals surface area (Å²) in [6.07, 6.45) is 0.916. The predicted octanol–water partition coefficient (Wildman–Crippen LogP) is 14.7. The van der Waals surface area contributed by atoms with Crippen LogP contribution in [0.4, 0.5) is 0 Å². The largest absolute Gasteiger partial charge is 0.309 e. The van der Waals surface area contributed by atoms with Gasteiger partial charge in [0.1, 0.15) is 0 Å². The fraction of sp³-hybridized carbons (Fsp3) is 0.0182. The molecule has 0 radical (unpaired) electrons. The van der Waals surface area contributed by atoms with Crippen molar-refractivity contribution >= 4 is 21.8 Å². The van der Waals surface area contributed by atoms with E-state index in [2.05, 4.69) is 217 Å². The van der Waals surface area contributed by atoms with Crippen molar-refractivity contribution in [3.63, 3.8) is 0 Å². The van der Waals surface area contributed by atoms with Crippen LogP contribution in [0.25, 0.3) is 94.3 Å². The Bertz CT molecular complexity index is 3040. The third kappa shape index (κ3) is 5.40. The Morgan fingerprint density at radius 1 is 0.304 bits per heavy atom. The van der Waals surface area contributed by atoms with Crippen LogP contribution in [0.1, 0.15) is 11.1 Å². The van der Waals surface area contributed by atoms with E-state index in [1.54, 1.807) is 0 Å². The van der Waals surface area contributed by atoms with Gasteiger partial charge >= 0.3 is 0 Å². The molecule has 1 heterocycles. The molecule has 1 nitrogen and oxygen atoms in total. The number of hydrogen-bond acceptors (Lipinski definition) is 0. The molecule has 1 heteroatoms. The number of fused-ring (bicyclic) bond motifs is 6. The van der Waals surface area contributed by atoms with Gasteiger partial charge in [0.2, 0.25) is 0 Å². The van der Waals surface area contributed by atoms with Crippen molar-refractivity contribution < 1.29 is 0 Å². The molecule has 11 rings (SSSR count). The van der Waals surface area contributed by atoms with E-state index < -0.39 is 0 Å². The standard InChI is InChI=1S/C55H37N/c1-3-11-37(12-4-1)39-21-23-40(24-22-39)41-25-27-42(28-26-41)43-29-31-44(32-30-43)47-17-10-18-49-50(47)36-46-15-9-20-54(55(46)49)56-52-19-8-7-16-48(52)51-35-45(33-34-53(51)56)38-13-5-2-6-14-38/h1-35H,36H2. The molecule has 0 spiro atoms. The van der Waals surface area contributed by atoms with Crippen LogP contribution in [0.3, 0.4) is 0 Å². The van der Waals surface area contributed by atoms with Gasteiger partial charge < -0.3 is 4.57 Å². The maximum atomic E-state index is 2.49. The van der Waals surface area contributed by atoms with E-state index in [0.29, 0.717) is 0 Å². The second-order valence-electron chi connectivity index (χ2n) is 14.9. The summed E-state index contributed by atoms with van der Waals surface area (Å²) in [5.41, 5.74) is 21.5. The molecule has 262 valence electrons. The maximum absolute atomic E-state index is 2.49. The monoisotopic (exact) mass is 711 g/mol. The number of aromatic nitrogens is 1. The van der Waals surface area contributed by atoms with Crippen LogP contribution in [0.2, 0.25) is 0 Å². The van der Waals surface area contributed by atoms with Crippen LogP contribution < -0.4 is 0 Å². The van der Waals surface area contributed by atoms with Gasteiger partial charge in [-0.3, -0.25) is 0 Å². The molecule has 0 amide bonds. The Labute approximate surface area is 327 Å². The lowest BCUT2D eigenvalue weighted by Gasteiger charge is -2.15. The summed E-state index contributed by atoms with van der Waals surface area (Å²) in [6, 6.07) is 77.7. The van der Waals surface area contributed by atoms with Crippen molar-refractivity contribution in [1.29, 1.82) is 0 Å². The van der Waals surface area contributed by atoms with Gasteiger partial charge in [0.25, 0.3) is 0 Å². The Hall–Kier alpha value is -7.22. The summed E-state index contributed by atoms with van der Waals surface area (Å²) < 4.78 is 2.49. The molecule has 0 atom stereocenters. The minimum absolute atomic E-state index is 0.916. The highest BCUT2D eigenvalue weighted by atomic mass is 15.0. The molecule has 1 aliphatic carbocycles. The van der Waals surface area contributed by atoms with Crippen molar-refractivity contribution in [1.82, 2.24) is 4.57 Å². The lowest BCUT2D eigenvalue weighted by Crippen LogP contribution is -1.97. The second kappa shape index (κ2) is 13.3. The van der Waals surface area contributed by atoms with Crippen molar-refractivity contribution in [3.8, 4) is 72.4 Å². The summed E-state index contributed by atoms with van der Waals surface area (Å²) >= 11 is 0. The Kier molecular flexibility index (Phi) is 7.64. The van der Waals surface area contributed by atoms with Gasteiger partial charge in [-0.05, 0) is 103 Å². The van der Waals surface area contributed by atoms with E-state index in [1.807, 2.05) is 0 Å². The average molecular weight is 712 g/mol. The minimum Gasteiger partial charge on any atom is -0.309 e. The summed E-state index contributed by atoms with van der Waals surface area (Å²) in [5.74, 6) is 0. The summed E-state index contributed by atoms with van der Waals surface area (Å²) in [7, 11) is 0. The fourth-order valence-electron chi connectivity index (χ4n) is 8.93. The van der Waals surface area contributed by atoms with E-state index in [4.69, 9.17) is 0 Å².